The monoisotopic (exact) mass is 192 g/mol. The second-order valence-electron chi connectivity index (χ2n) is 3.05. The Hall–Kier alpha value is -1.68. The molecule has 1 aromatic rings. The third-order valence-electron chi connectivity index (χ3n) is 1.82. The second kappa shape index (κ2) is 4.53. The van der Waals surface area contributed by atoms with Gasteiger partial charge < -0.3 is 5.73 Å². The van der Waals surface area contributed by atoms with Crippen LogP contribution in [0.1, 0.15) is 12.5 Å². The molecular formula is C10H12N2O2. The Morgan fingerprint density at radius 3 is 2.93 bits per heavy atom. The van der Waals surface area contributed by atoms with Gasteiger partial charge in [0.05, 0.1) is 4.92 Å². The average molecular weight is 192 g/mol. The third-order valence-corrected chi connectivity index (χ3v) is 1.82. The predicted octanol–water partition coefficient (Wildman–Crippen LogP) is 1.96. The van der Waals surface area contributed by atoms with Crippen LogP contribution >= 0.6 is 0 Å². The molecule has 4 heteroatoms. The molecule has 1 aromatic carbocycles. The van der Waals surface area contributed by atoms with E-state index in [1.54, 1.807) is 6.07 Å². The highest BCUT2D eigenvalue weighted by atomic mass is 16.6. The summed E-state index contributed by atoms with van der Waals surface area (Å²) in [5.74, 6) is 0. The second-order valence-corrected chi connectivity index (χ2v) is 3.05. The van der Waals surface area contributed by atoms with Gasteiger partial charge in [0.25, 0.3) is 5.69 Å². The molecule has 0 heterocycles. The molecule has 74 valence electrons. The van der Waals surface area contributed by atoms with E-state index in [0.29, 0.717) is 6.54 Å². The van der Waals surface area contributed by atoms with Crippen molar-refractivity contribution < 1.29 is 4.92 Å². The lowest BCUT2D eigenvalue weighted by Crippen LogP contribution is -1.99. The minimum Gasteiger partial charge on any atom is -0.327 e. The van der Waals surface area contributed by atoms with E-state index in [0.717, 1.165) is 11.1 Å². The molecule has 0 aliphatic heterocycles. The Morgan fingerprint density at radius 2 is 2.36 bits per heavy atom. The molecule has 0 saturated heterocycles. The van der Waals surface area contributed by atoms with E-state index in [1.807, 2.05) is 19.1 Å². The van der Waals surface area contributed by atoms with Gasteiger partial charge in [-0.05, 0) is 12.5 Å². The lowest BCUT2D eigenvalue weighted by Gasteiger charge is -1.97. The van der Waals surface area contributed by atoms with Crippen LogP contribution in [-0.4, -0.2) is 11.5 Å². The number of benzene rings is 1. The molecule has 0 aromatic heterocycles. The van der Waals surface area contributed by atoms with Crippen molar-refractivity contribution in [3.05, 3.63) is 45.5 Å². The maximum absolute atomic E-state index is 10.5. The van der Waals surface area contributed by atoms with Crippen LogP contribution < -0.4 is 5.73 Å². The first-order valence-corrected chi connectivity index (χ1v) is 4.25. The molecule has 0 bridgehead atoms. The fraction of sp³-hybridized carbons (Fsp3) is 0.200. The van der Waals surface area contributed by atoms with Gasteiger partial charge in [0.2, 0.25) is 0 Å². The summed E-state index contributed by atoms with van der Waals surface area (Å²) in [6.45, 7) is 2.35. The largest absolute Gasteiger partial charge is 0.327 e. The summed E-state index contributed by atoms with van der Waals surface area (Å²) in [7, 11) is 0. The van der Waals surface area contributed by atoms with Gasteiger partial charge in [-0.25, -0.2) is 0 Å². The summed E-state index contributed by atoms with van der Waals surface area (Å²) in [6, 6.07) is 6.47. The van der Waals surface area contributed by atoms with E-state index in [1.165, 1.54) is 12.1 Å². The Balaban J connectivity index is 3.00. The first-order valence-electron chi connectivity index (χ1n) is 4.25. The smallest absolute Gasteiger partial charge is 0.270 e. The standard InChI is InChI=1S/C10H12N2O2/c1-8(7-11)5-9-3-2-4-10(6-9)12(13)14/h2-6H,7,11H2,1H3/b8-5-. The number of nitro groups is 1. The van der Waals surface area contributed by atoms with Crippen molar-refractivity contribution in [2.24, 2.45) is 5.73 Å². The van der Waals surface area contributed by atoms with Crippen molar-refractivity contribution in [3.63, 3.8) is 0 Å². The summed E-state index contributed by atoms with van der Waals surface area (Å²) in [5.41, 5.74) is 7.31. The summed E-state index contributed by atoms with van der Waals surface area (Å²) < 4.78 is 0. The van der Waals surface area contributed by atoms with Crippen LogP contribution in [0.4, 0.5) is 5.69 Å². The van der Waals surface area contributed by atoms with Crippen LogP contribution in [-0.2, 0) is 0 Å². The van der Waals surface area contributed by atoms with Crippen LogP contribution in [0, 0.1) is 10.1 Å². The zero-order valence-corrected chi connectivity index (χ0v) is 7.93. The number of nitrogens with two attached hydrogens (primary N) is 1. The minimum absolute atomic E-state index is 0.101. The molecule has 1 rings (SSSR count). The summed E-state index contributed by atoms with van der Waals surface area (Å²) in [6.07, 6.45) is 1.84. The van der Waals surface area contributed by atoms with E-state index in [9.17, 15) is 10.1 Å². The fourth-order valence-corrected chi connectivity index (χ4v) is 1.07. The molecule has 0 aliphatic carbocycles. The van der Waals surface area contributed by atoms with Crippen molar-refractivity contribution in [1.29, 1.82) is 0 Å². The molecule has 0 unspecified atom stereocenters. The highest BCUT2D eigenvalue weighted by Gasteiger charge is 2.03. The lowest BCUT2D eigenvalue weighted by atomic mass is 10.1. The topological polar surface area (TPSA) is 69.2 Å². The maximum Gasteiger partial charge on any atom is 0.270 e. The highest BCUT2D eigenvalue weighted by Crippen LogP contribution is 2.15. The van der Waals surface area contributed by atoms with Crippen molar-refractivity contribution in [3.8, 4) is 0 Å². The van der Waals surface area contributed by atoms with Crippen molar-refractivity contribution in [2.45, 2.75) is 6.92 Å². The van der Waals surface area contributed by atoms with Crippen LogP contribution in [0.15, 0.2) is 29.8 Å². The SMILES string of the molecule is C/C(=C/c1cccc([N+](=O)[O-])c1)CN. The third kappa shape index (κ3) is 2.67. The van der Waals surface area contributed by atoms with Crippen LogP contribution in [0.3, 0.4) is 0 Å². The number of rotatable bonds is 3. The minimum atomic E-state index is -0.408. The molecule has 0 atom stereocenters. The molecule has 0 saturated carbocycles. The first-order chi connectivity index (χ1) is 6.63. The summed E-state index contributed by atoms with van der Waals surface area (Å²) >= 11 is 0. The number of hydrogen-bond donors (Lipinski definition) is 1. The van der Waals surface area contributed by atoms with Gasteiger partial charge in [0.15, 0.2) is 0 Å². The first kappa shape index (κ1) is 10.4. The zero-order chi connectivity index (χ0) is 10.6. The van der Waals surface area contributed by atoms with E-state index in [4.69, 9.17) is 5.73 Å². The molecule has 4 nitrogen and oxygen atoms in total. The Labute approximate surface area is 82.2 Å². The normalized spacial score (nSPS) is 11.4. The predicted molar refractivity (Wildman–Crippen MR) is 55.8 cm³/mol. The van der Waals surface area contributed by atoms with E-state index in [2.05, 4.69) is 0 Å². The van der Waals surface area contributed by atoms with E-state index < -0.39 is 4.92 Å². The highest BCUT2D eigenvalue weighted by molar-refractivity contribution is 5.56. The van der Waals surface area contributed by atoms with Gasteiger partial charge in [0.1, 0.15) is 0 Å². The van der Waals surface area contributed by atoms with Gasteiger partial charge in [-0.2, -0.15) is 0 Å². The zero-order valence-electron chi connectivity index (χ0n) is 7.93. The Kier molecular flexibility index (Phi) is 3.36. The number of nitro benzene ring substituents is 1. The van der Waals surface area contributed by atoms with E-state index >= 15 is 0 Å². The van der Waals surface area contributed by atoms with Gasteiger partial charge in [0, 0.05) is 18.7 Å². The van der Waals surface area contributed by atoms with E-state index in [-0.39, 0.29) is 5.69 Å². The quantitative estimate of drug-likeness (QED) is 0.587. The van der Waals surface area contributed by atoms with Crippen LogP contribution in [0.25, 0.3) is 6.08 Å². The number of non-ortho nitro benzene ring substituents is 1. The van der Waals surface area contributed by atoms with Crippen LogP contribution in [0.2, 0.25) is 0 Å². The van der Waals surface area contributed by atoms with Crippen LogP contribution in [0.5, 0.6) is 0 Å². The summed E-state index contributed by atoms with van der Waals surface area (Å²) in [5, 5.41) is 10.5. The maximum atomic E-state index is 10.5. The molecule has 2 N–H and O–H groups in total. The van der Waals surface area contributed by atoms with Crippen molar-refractivity contribution in [1.82, 2.24) is 0 Å². The number of nitrogens with zero attached hydrogens (tertiary/aromatic N) is 1. The molecule has 0 amide bonds. The van der Waals surface area contributed by atoms with Gasteiger partial charge in [-0.15, -0.1) is 0 Å². The molecule has 0 radical (unpaired) electrons. The average Bonchev–Trinajstić information content (AvgIpc) is 2.18. The summed E-state index contributed by atoms with van der Waals surface area (Å²) in [4.78, 5) is 10.1. The van der Waals surface area contributed by atoms with Crippen molar-refractivity contribution in [2.75, 3.05) is 6.54 Å². The molecule has 0 aliphatic rings. The van der Waals surface area contributed by atoms with Gasteiger partial charge in [-0.3, -0.25) is 10.1 Å². The molecule has 0 spiro atoms. The Morgan fingerprint density at radius 1 is 1.64 bits per heavy atom. The lowest BCUT2D eigenvalue weighted by molar-refractivity contribution is -0.384. The number of hydrogen-bond acceptors (Lipinski definition) is 3. The Bertz CT molecular complexity index is 372. The van der Waals surface area contributed by atoms with Crippen molar-refractivity contribution >= 4 is 11.8 Å². The van der Waals surface area contributed by atoms with Gasteiger partial charge >= 0.3 is 0 Å². The molecule has 0 fully saturated rings. The molecular weight excluding hydrogens is 180 g/mol. The van der Waals surface area contributed by atoms with Gasteiger partial charge in [-0.1, -0.05) is 23.8 Å². The molecule has 14 heavy (non-hydrogen) atoms. The fourth-order valence-electron chi connectivity index (χ4n) is 1.07.